The molecule has 1 N–H and O–H groups in total. The highest BCUT2D eigenvalue weighted by molar-refractivity contribution is 5.99. The molecule has 0 aliphatic carbocycles. The second-order valence-electron chi connectivity index (χ2n) is 3.86. The van der Waals surface area contributed by atoms with Gasteiger partial charge in [-0.3, -0.25) is 0 Å². The van der Waals surface area contributed by atoms with Gasteiger partial charge in [0.15, 0.2) is 0 Å². The molecule has 0 bridgehead atoms. The maximum Gasteiger partial charge on any atom is 0.354 e. The number of esters is 2. The van der Waals surface area contributed by atoms with Gasteiger partial charge in [-0.25, -0.2) is 9.59 Å². The summed E-state index contributed by atoms with van der Waals surface area (Å²) in [4.78, 5) is 23.0. The van der Waals surface area contributed by atoms with E-state index in [-0.39, 0.29) is 5.70 Å². The summed E-state index contributed by atoms with van der Waals surface area (Å²) in [6, 6.07) is 5.15. The molecule has 0 fully saturated rings. The van der Waals surface area contributed by atoms with E-state index in [9.17, 15) is 9.59 Å². The van der Waals surface area contributed by atoms with Crippen molar-refractivity contribution in [2.45, 2.75) is 0 Å². The van der Waals surface area contributed by atoms with Gasteiger partial charge in [-0.05, 0) is 18.2 Å². The fourth-order valence-electron chi connectivity index (χ4n) is 1.53. The van der Waals surface area contributed by atoms with Crippen molar-refractivity contribution in [3.05, 3.63) is 42.1 Å². The van der Waals surface area contributed by atoms with Crippen molar-refractivity contribution in [1.29, 1.82) is 0 Å². The summed E-state index contributed by atoms with van der Waals surface area (Å²) < 4.78 is 14.2. The highest BCUT2D eigenvalue weighted by Crippen LogP contribution is 2.24. The van der Waals surface area contributed by atoms with Gasteiger partial charge in [0.2, 0.25) is 0 Å². The van der Waals surface area contributed by atoms with Crippen molar-refractivity contribution >= 4 is 23.7 Å². The third-order valence-electron chi connectivity index (χ3n) is 2.62. The number of carbonyl (C=O) groups is 2. The molecule has 0 aliphatic heterocycles. The number of nitrogens with one attached hydrogen (secondary N) is 1. The fraction of sp³-hybridized carbons (Fsp3) is 0.200. The average molecular weight is 291 g/mol. The first-order valence-corrected chi connectivity index (χ1v) is 6.01. The average Bonchev–Trinajstić information content (AvgIpc) is 2.53. The van der Waals surface area contributed by atoms with E-state index in [1.54, 1.807) is 31.4 Å². The number of hydrogen-bond donors (Lipinski definition) is 1. The van der Waals surface area contributed by atoms with E-state index >= 15 is 0 Å². The standard InChI is InChI=1S/C15H17NO5/c1-5-10-8-11(19-2)6-7-12(10)16-13(15(18)21-4)9-14(17)20-3/h5-9,16H,1H2,2-4H3/b13-9+. The summed E-state index contributed by atoms with van der Waals surface area (Å²) >= 11 is 0. The van der Waals surface area contributed by atoms with Crippen molar-refractivity contribution in [1.82, 2.24) is 0 Å². The summed E-state index contributed by atoms with van der Waals surface area (Å²) in [5, 5.41) is 2.82. The molecule has 0 heterocycles. The molecular formula is C15H17NO5. The predicted molar refractivity (Wildman–Crippen MR) is 78.8 cm³/mol. The monoisotopic (exact) mass is 291 g/mol. The smallest absolute Gasteiger partial charge is 0.354 e. The molecule has 1 aromatic rings. The molecule has 6 nitrogen and oxygen atoms in total. The molecule has 0 saturated heterocycles. The van der Waals surface area contributed by atoms with E-state index in [2.05, 4.69) is 21.4 Å². The lowest BCUT2D eigenvalue weighted by Crippen LogP contribution is -2.16. The molecular weight excluding hydrogens is 274 g/mol. The van der Waals surface area contributed by atoms with Gasteiger partial charge in [0.05, 0.1) is 27.4 Å². The molecule has 0 radical (unpaired) electrons. The van der Waals surface area contributed by atoms with Crippen LogP contribution in [0.25, 0.3) is 6.08 Å². The summed E-state index contributed by atoms with van der Waals surface area (Å²) in [5.74, 6) is -0.713. The van der Waals surface area contributed by atoms with Crippen molar-refractivity contribution in [3.63, 3.8) is 0 Å². The summed E-state index contributed by atoms with van der Waals surface area (Å²) in [5.41, 5.74) is 1.23. The van der Waals surface area contributed by atoms with Gasteiger partial charge >= 0.3 is 11.9 Å². The molecule has 0 unspecified atom stereocenters. The number of rotatable bonds is 6. The van der Waals surface area contributed by atoms with Crippen molar-refractivity contribution in [2.75, 3.05) is 26.6 Å². The highest BCUT2D eigenvalue weighted by Gasteiger charge is 2.14. The Morgan fingerprint density at radius 2 is 1.90 bits per heavy atom. The van der Waals surface area contributed by atoms with E-state index in [1.165, 1.54) is 14.2 Å². The van der Waals surface area contributed by atoms with Crippen LogP contribution in [0.2, 0.25) is 0 Å². The second-order valence-corrected chi connectivity index (χ2v) is 3.86. The third-order valence-corrected chi connectivity index (χ3v) is 2.62. The Labute approximate surface area is 123 Å². The van der Waals surface area contributed by atoms with Crippen LogP contribution >= 0.6 is 0 Å². The van der Waals surface area contributed by atoms with E-state index < -0.39 is 11.9 Å². The summed E-state index contributed by atoms with van der Waals surface area (Å²) in [7, 11) is 3.99. The van der Waals surface area contributed by atoms with E-state index in [4.69, 9.17) is 4.74 Å². The number of carbonyl (C=O) groups excluding carboxylic acids is 2. The minimum Gasteiger partial charge on any atom is -0.497 e. The predicted octanol–water partition coefficient (Wildman–Crippen LogP) is 1.98. The Kier molecular flexibility index (Phi) is 6.00. The first-order chi connectivity index (χ1) is 10.0. The van der Waals surface area contributed by atoms with Crippen LogP contribution < -0.4 is 10.1 Å². The number of benzene rings is 1. The normalized spacial score (nSPS) is 10.5. The van der Waals surface area contributed by atoms with Crippen LogP contribution in [-0.2, 0) is 19.1 Å². The molecule has 0 aliphatic rings. The Bertz CT molecular complexity index is 577. The van der Waals surface area contributed by atoms with Crippen molar-refractivity contribution in [2.24, 2.45) is 0 Å². The van der Waals surface area contributed by atoms with Gasteiger partial charge in [-0.2, -0.15) is 0 Å². The largest absolute Gasteiger partial charge is 0.497 e. The third kappa shape index (κ3) is 4.38. The lowest BCUT2D eigenvalue weighted by Gasteiger charge is -2.12. The number of ether oxygens (including phenoxy) is 3. The van der Waals surface area contributed by atoms with Gasteiger partial charge in [0.1, 0.15) is 11.4 Å². The van der Waals surface area contributed by atoms with Crippen molar-refractivity contribution < 1.29 is 23.8 Å². The molecule has 1 rings (SSSR count). The van der Waals surface area contributed by atoms with Crippen LogP contribution in [0.3, 0.4) is 0 Å². The molecule has 1 aromatic carbocycles. The van der Waals surface area contributed by atoms with E-state index in [1.807, 2.05) is 0 Å². The van der Waals surface area contributed by atoms with Gasteiger partial charge < -0.3 is 19.5 Å². The van der Waals surface area contributed by atoms with Crippen LogP contribution in [0.4, 0.5) is 5.69 Å². The SMILES string of the molecule is C=Cc1cc(OC)ccc1N/C(=C/C(=O)OC)C(=O)OC. The van der Waals surface area contributed by atoms with Gasteiger partial charge in [-0.1, -0.05) is 12.7 Å². The number of anilines is 1. The molecule has 0 atom stereocenters. The van der Waals surface area contributed by atoms with Gasteiger partial charge in [0.25, 0.3) is 0 Å². The quantitative estimate of drug-likeness (QED) is 0.638. The summed E-state index contributed by atoms with van der Waals surface area (Å²) in [6.07, 6.45) is 2.61. The van der Waals surface area contributed by atoms with Crippen LogP contribution in [-0.4, -0.2) is 33.3 Å². The minimum absolute atomic E-state index is 0.0439. The van der Waals surface area contributed by atoms with Crippen molar-refractivity contribution in [3.8, 4) is 5.75 Å². The second kappa shape index (κ2) is 7.74. The summed E-state index contributed by atoms with van der Waals surface area (Å²) in [6.45, 7) is 3.69. The van der Waals surface area contributed by atoms with E-state index in [0.717, 1.165) is 6.08 Å². The lowest BCUT2D eigenvalue weighted by molar-refractivity contribution is -0.138. The zero-order valence-corrected chi connectivity index (χ0v) is 12.1. The zero-order chi connectivity index (χ0) is 15.8. The molecule has 0 spiro atoms. The maximum atomic E-state index is 11.7. The Hall–Kier alpha value is -2.76. The van der Waals surface area contributed by atoms with E-state index in [0.29, 0.717) is 17.0 Å². The highest BCUT2D eigenvalue weighted by atomic mass is 16.5. The molecule has 112 valence electrons. The molecule has 6 heteroatoms. The Balaban J connectivity index is 3.14. The Morgan fingerprint density at radius 3 is 2.43 bits per heavy atom. The molecule has 0 saturated carbocycles. The maximum absolute atomic E-state index is 11.7. The number of hydrogen-bond acceptors (Lipinski definition) is 6. The molecule has 0 amide bonds. The minimum atomic E-state index is -0.689. The topological polar surface area (TPSA) is 73.9 Å². The van der Waals surface area contributed by atoms with Gasteiger partial charge in [0, 0.05) is 11.3 Å². The molecule has 0 aromatic heterocycles. The first kappa shape index (κ1) is 16.3. The van der Waals surface area contributed by atoms with Crippen LogP contribution in [0.5, 0.6) is 5.75 Å². The lowest BCUT2D eigenvalue weighted by atomic mass is 10.1. The van der Waals surface area contributed by atoms with Gasteiger partial charge in [-0.15, -0.1) is 0 Å². The number of methoxy groups -OCH3 is 3. The fourth-order valence-corrected chi connectivity index (χ4v) is 1.53. The first-order valence-electron chi connectivity index (χ1n) is 6.01. The van der Waals surface area contributed by atoms with Crippen LogP contribution in [0, 0.1) is 0 Å². The molecule has 21 heavy (non-hydrogen) atoms. The van der Waals surface area contributed by atoms with Crippen LogP contribution in [0.1, 0.15) is 5.56 Å². The zero-order valence-electron chi connectivity index (χ0n) is 12.1. The Morgan fingerprint density at radius 1 is 1.19 bits per heavy atom. The van der Waals surface area contributed by atoms with Crippen LogP contribution in [0.15, 0.2) is 36.6 Å².